The van der Waals surface area contributed by atoms with Crippen molar-refractivity contribution in [3.63, 3.8) is 0 Å². The number of fused-ring (bicyclic) bond motifs is 1. The predicted molar refractivity (Wildman–Crippen MR) is 152 cm³/mol. The molecule has 1 heterocycles. The van der Waals surface area contributed by atoms with Crippen molar-refractivity contribution < 1.29 is 17.9 Å². The number of hydrogen-bond acceptors (Lipinski definition) is 7. The first kappa shape index (κ1) is 29.3. The Labute approximate surface area is 229 Å². The number of halogens is 1. The van der Waals surface area contributed by atoms with Crippen molar-refractivity contribution in [2.75, 3.05) is 46.2 Å². The molecule has 0 bridgehead atoms. The number of thiazole rings is 1. The minimum atomic E-state index is -3.62. The van der Waals surface area contributed by atoms with E-state index < -0.39 is 10.0 Å². The van der Waals surface area contributed by atoms with Gasteiger partial charge in [-0.25, -0.2) is 13.4 Å². The maximum atomic E-state index is 13.6. The summed E-state index contributed by atoms with van der Waals surface area (Å²) in [5.74, 6) is 0.493. The molecule has 1 aliphatic carbocycles. The number of nitrogens with zero attached hydrogens (tertiary/aromatic N) is 4. The summed E-state index contributed by atoms with van der Waals surface area (Å²) >= 11 is 1.44. The zero-order valence-electron chi connectivity index (χ0n) is 21.7. The van der Waals surface area contributed by atoms with Crippen molar-refractivity contribution in [3.8, 4) is 5.75 Å². The molecular formula is C26H35ClN4O4S2. The highest BCUT2D eigenvalue weighted by Crippen LogP contribution is 2.32. The Morgan fingerprint density at radius 2 is 1.70 bits per heavy atom. The van der Waals surface area contributed by atoms with Crippen molar-refractivity contribution >= 4 is 55.0 Å². The van der Waals surface area contributed by atoms with E-state index in [1.165, 1.54) is 27.8 Å². The van der Waals surface area contributed by atoms with Gasteiger partial charge >= 0.3 is 0 Å². The van der Waals surface area contributed by atoms with Crippen LogP contribution >= 0.6 is 23.7 Å². The van der Waals surface area contributed by atoms with E-state index in [4.69, 9.17) is 9.72 Å². The van der Waals surface area contributed by atoms with Gasteiger partial charge in [-0.1, -0.05) is 30.6 Å². The van der Waals surface area contributed by atoms with Gasteiger partial charge in [-0.3, -0.25) is 9.69 Å². The smallest absolute Gasteiger partial charge is 0.260 e. The maximum absolute atomic E-state index is 13.6. The van der Waals surface area contributed by atoms with Gasteiger partial charge in [0.25, 0.3) is 5.91 Å². The molecule has 0 N–H and O–H groups in total. The van der Waals surface area contributed by atoms with Crippen molar-refractivity contribution in [2.24, 2.45) is 0 Å². The number of aromatic nitrogens is 1. The van der Waals surface area contributed by atoms with Gasteiger partial charge in [-0.05, 0) is 63.3 Å². The molecule has 202 valence electrons. The highest BCUT2D eigenvalue weighted by Gasteiger charge is 2.29. The van der Waals surface area contributed by atoms with Crippen LogP contribution in [0.4, 0.5) is 5.13 Å². The van der Waals surface area contributed by atoms with Crippen LogP contribution in [0.25, 0.3) is 10.2 Å². The first-order valence-electron chi connectivity index (χ1n) is 12.2. The number of anilines is 1. The fraction of sp³-hybridized carbons (Fsp3) is 0.462. The van der Waals surface area contributed by atoms with Crippen LogP contribution in [0, 0.1) is 0 Å². The molecule has 1 aliphatic rings. The van der Waals surface area contributed by atoms with Crippen LogP contribution < -0.4 is 9.64 Å². The molecule has 1 saturated carbocycles. The molecule has 0 radical (unpaired) electrons. The molecule has 0 aliphatic heterocycles. The Morgan fingerprint density at radius 3 is 2.32 bits per heavy atom. The number of benzene rings is 2. The maximum Gasteiger partial charge on any atom is 0.260 e. The molecule has 37 heavy (non-hydrogen) atoms. The third kappa shape index (κ3) is 6.61. The number of ether oxygens (including phenoxy) is 1. The van der Waals surface area contributed by atoms with Gasteiger partial charge in [0.1, 0.15) is 5.75 Å². The molecule has 1 fully saturated rings. The second kappa shape index (κ2) is 12.5. The molecule has 11 heteroatoms. The number of likely N-dealkylation sites (N-methyl/N-ethyl adjacent to an activating group) is 1. The monoisotopic (exact) mass is 566 g/mol. The van der Waals surface area contributed by atoms with Crippen LogP contribution in [0.2, 0.25) is 0 Å². The second-order valence-electron chi connectivity index (χ2n) is 9.43. The number of carbonyl (C=O) groups is 1. The lowest BCUT2D eigenvalue weighted by Gasteiger charge is -2.30. The van der Waals surface area contributed by atoms with Crippen molar-refractivity contribution in [3.05, 3.63) is 48.0 Å². The number of sulfonamides is 1. The van der Waals surface area contributed by atoms with Gasteiger partial charge in [0.2, 0.25) is 10.0 Å². The SMILES string of the molecule is COc1ccc2sc(N(CCN(C)C)C(=O)c3ccc(S(=O)(=O)N(C)C4CCCCC4)cc3)nc2c1.Cl. The molecule has 3 aromatic rings. The van der Waals surface area contributed by atoms with E-state index in [0.29, 0.717) is 29.5 Å². The van der Waals surface area contributed by atoms with Crippen LogP contribution in [0.15, 0.2) is 47.4 Å². The normalized spacial score (nSPS) is 14.6. The van der Waals surface area contributed by atoms with E-state index in [1.807, 2.05) is 37.2 Å². The van der Waals surface area contributed by atoms with E-state index >= 15 is 0 Å². The topological polar surface area (TPSA) is 83.0 Å². The second-order valence-corrected chi connectivity index (χ2v) is 12.4. The fourth-order valence-corrected chi connectivity index (χ4v) is 6.84. The minimum Gasteiger partial charge on any atom is -0.497 e. The average Bonchev–Trinajstić information content (AvgIpc) is 3.31. The highest BCUT2D eigenvalue weighted by atomic mass is 35.5. The number of carbonyl (C=O) groups excluding carboxylic acids is 1. The van der Waals surface area contributed by atoms with Crippen LogP contribution in [0.5, 0.6) is 5.75 Å². The summed E-state index contributed by atoms with van der Waals surface area (Å²) in [6.07, 6.45) is 5.05. The Kier molecular flexibility index (Phi) is 9.93. The number of rotatable bonds is 9. The molecule has 0 unspecified atom stereocenters. The summed E-state index contributed by atoms with van der Waals surface area (Å²) in [6, 6.07) is 12.0. The quantitative estimate of drug-likeness (QED) is 0.367. The van der Waals surface area contributed by atoms with Gasteiger partial charge < -0.3 is 9.64 Å². The Morgan fingerprint density at radius 1 is 1.03 bits per heavy atom. The van der Waals surface area contributed by atoms with Crippen molar-refractivity contribution in [1.29, 1.82) is 0 Å². The number of hydrogen-bond donors (Lipinski definition) is 0. The zero-order valence-corrected chi connectivity index (χ0v) is 24.2. The zero-order chi connectivity index (χ0) is 25.9. The Bertz CT molecular complexity index is 1310. The summed E-state index contributed by atoms with van der Waals surface area (Å²) in [6.45, 7) is 1.11. The van der Waals surface area contributed by atoms with Gasteiger partial charge in [0.05, 0.1) is 22.2 Å². The first-order valence-corrected chi connectivity index (χ1v) is 14.5. The highest BCUT2D eigenvalue weighted by molar-refractivity contribution is 7.89. The van der Waals surface area contributed by atoms with E-state index in [0.717, 1.165) is 42.3 Å². The first-order chi connectivity index (χ1) is 17.2. The molecule has 1 amide bonds. The van der Waals surface area contributed by atoms with E-state index in [-0.39, 0.29) is 29.3 Å². The molecular weight excluding hydrogens is 532 g/mol. The average molecular weight is 567 g/mol. The fourth-order valence-electron chi connectivity index (χ4n) is 4.45. The molecule has 2 aromatic carbocycles. The van der Waals surface area contributed by atoms with Crippen LogP contribution in [0.3, 0.4) is 0 Å². The van der Waals surface area contributed by atoms with Crippen LogP contribution in [-0.4, -0.2) is 75.9 Å². The molecule has 4 rings (SSSR count). The predicted octanol–water partition coefficient (Wildman–Crippen LogP) is 4.89. The van der Waals surface area contributed by atoms with Gasteiger partial charge in [0.15, 0.2) is 5.13 Å². The largest absolute Gasteiger partial charge is 0.497 e. The van der Waals surface area contributed by atoms with Crippen molar-refractivity contribution in [1.82, 2.24) is 14.2 Å². The standard InChI is InChI=1S/C26H34N4O4S2.ClH/c1-28(2)16-17-30(26-27-23-18-21(34-4)12-15-24(23)35-26)25(31)19-10-13-22(14-11-19)36(32,33)29(3)20-8-6-5-7-9-20;/h10-15,18,20H,5-9,16-17H2,1-4H3;1H. The Balaban J connectivity index is 0.00000380. The lowest BCUT2D eigenvalue weighted by Crippen LogP contribution is -2.38. The lowest BCUT2D eigenvalue weighted by molar-refractivity contribution is 0.0985. The summed E-state index contributed by atoms with van der Waals surface area (Å²) in [4.78, 5) is 22.2. The van der Waals surface area contributed by atoms with E-state index in [2.05, 4.69) is 0 Å². The molecule has 1 aromatic heterocycles. The van der Waals surface area contributed by atoms with Gasteiger partial charge in [-0.15, -0.1) is 12.4 Å². The molecule has 0 atom stereocenters. The molecule has 0 spiro atoms. The van der Waals surface area contributed by atoms with Crippen LogP contribution in [0.1, 0.15) is 42.5 Å². The Hall–Kier alpha value is -2.24. The summed E-state index contributed by atoms with van der Waals surface area (Å²) < 4.78 is 34.2. The van der Waals surface area contributed by atoms with Crippen molar-refractivity contribution in [2.45, 2.75) is 43.0 Å². The van der Waals surface area contributed by atoms with Gasteiger partial charge in [-0.2, -0.15) is 4.31 Å². The third-order valence-electron chi connectivity index (χ3n) is 6.70. The summed E-state index contributed by atoms with van der Waals surface area (Å²) in [5, 5.41) is 0.596. The van der Waals surface area contributed by atoms with E-state index in [1.54, 1.807) is 31.2 Å². The minimum absolute atomic E-state index is 0. The van der Waals surface area contributed by atoms with Crippen LogP contribution in [-0.2, 0) is 10.0 Å². The number of methoxy groups -OCH3 is 1. The number of amides is 1. The summed E-state index contributed by atoms with van der Waals surface area (Å²) in [5.41, 5.74) is 1.19. The third-order valence-corrected chi connectivity index (χ3v) is 9.68. The molecule has 0 saturated heterocycles. The van der Waals surface area contributed by atoms with Gasteiger partial charge in [0, 0.05) is 37.8 Å². The summed E-state index contributed by atoms with van der Waals surface area (Å²) in [7, 11) is 3.56. The van der Waals surface area contributed by atoms with E-state index in [9.17, 15) is 13.2 Å². The lowest BCUT2D eigenvalue weighted by atomic mass is 9.96. The molecule has 8 nitrogen and oxygen atoms in total.